The van der Waals surface area contributed by atoms with E-state index in [0.29, 0.717) is 24.2 Å². The molecule has 0 radical (unpaired) electrons. The summed E-state index contributed by atoms with van der Waals surface area (Å²) in [5.74, 6) is 1.38. The van der Waals surface area contributed by atoms with Gasteiger partial charge in [0.05, 0.1) is 12.2 Å². The Morgan fingerprint density at radius 2 is 1.67 bits per heavy atom. The fourth-order valence-electron chi connectivity index (χ4n) is 4.69. The fourth-order valence-corrected chi connectivity index (χ4v) is 4.69. The summed E-state index contributed by atoms with van der Waals surface area (Å²) in [7, 11) is 0. The van der Waals surface area contributed by atoms with Crippen LogP contribution in [0.3, 0.4) is 0 Å². The fraction of sp³-hybridized carbons (Fsp3) is 0.500. The molecule has 162 valence electrons. The topological polar surface area (TPSA) is 21.7 Å². The number of nitrogens with zero attached hydrogens (tertiary/aromatic N) is 1. The van der Waals surface area contributed by atoms with Crippen molar-refractivity contribution >= 4 is 0 Å². The molecule has 30 heavy (non-hydrogen) atoms. The van der Waals surface area contributed by atoms with E-state index in [2.05, 4.69) is 29.2 Å². The van der Waals surface area contributed by atoms with E-state index in [9.17, 15) is 13.2 Å². The zero-order chi connectivity index (χ0) is 21.1. The van der Waals surface area contributed by atoms with E-state index >= 15 is 0 Å². The van der Waals surface area contributed by atoms with Crippen molar-refractivity contribution in [3.05, 3.63) is 59.7 Å². The minimum atomic E-state index is -4.40. The normalized spacial score (nSPS) is 24.1. The zero-order valence-electron chi connectivity index (χ0n) is 17.2. The molecule has 2 unspecified atom stereocenters. The molecular formula is C24H28F3NO2. The molecule has 2 aromatic rings. The molecule has 1 saturated heterocycles. The number of alkyl halides is 3. The summed E-state index contributed by atoms with van der Waals surface area (Å²) in [6.07, 6.45) is -1.47. The van der Waals surface area contributed by atoms with Crippen molar-refractivity contribution in [1.82, 2.24) is 4.90 Å². The third-order valence-corrected chi connectivity index (χ3v) is 6.07. The summed E-state index contributed by atoms with van der Waals surface area (Å²) < 4.78 is 51.3. The van der Waals surface area contributed by atoms with Gasteiger partial charge in [0.1, 0.15) is 6.10 Å². The highest BCUT2D eigenvalue weighted by atomic mass is 19.4. The number of ether oxygens (including phenoxy) is 2. The van der Waals surface area contributed by atoms with Crippen molar-refractivity contribution in [3.63, 3.8) is 0 Å². The second kappa shape index (κ2) is 8.88. The molecular weight excluding hydrogens is 391 g/mol. The minimum absolute atomic E-state index is 0.0257. The molecule has 2 atom stereocenters. The summed E-state index contributed by atoms with van der Waals surface area (Å²) in [6.45, 7) is 5.10. The van der Waals surface area contributed by atoms with Gasteiger partial charge in [0.15, 0.2) is 11.5 Å². The molecule has 2 aliphatic rings. The van der Waals surface area contributed by atoms with E-state index in [0.717, 1.165) is 51.0 Å². The minimum Gasteiger partial charge on any atom is -0.490 e. The maximum atomic E-state index is 13.1. The average molecular weight is 419 g/mol. The first-order chi connectivity index (χ1) is 14.4. The largest absolute Gasteiger partial charge is 0.490 e. The van der Waals surface area contributed by atoms with Gasteiger partial charge >= 0.3 is 6.18 Å². The Bertz CT molecular complexity index is 826. The number of fused-ring (bicyclic) bond motifs is 2. The lowest BCUT2D eigenvalue weighted by atomic mass is 9.94. The van der Waals surface area contributed by atoms with E-state index < -0.39 is 11.7 Å². The third-order valence-electron chi connectivity index (χ3n) is 6.07. The number of hydrogen-bond acceptors (Lipinski definition) is 3. The van der Waals surface area contributed by atoms with Gasteiger partial charge in [-0.05, 0) is 43.0 Å². The molecule has 2 bridgehead atoms. The van der Waals surface area contributed by atoms with Crippen LogP contribution in [0.25, 0.3) is 0 Å². The Hall–Kier alpha value is -2.21. The Kier molecular flexibility index (Phi) is 6.23. The smallest absolute Gasteiger partial charge is 0.416 e. The van der Waals surface area contributed by atoms with E-state index in [4.69, 9.17) is 9.47 Å². The highest BCUT2D eigenvalue weighted by Gasteiger charge is 2.44. The van der Waals surface area contributed by atoms with Crippen LogP contribution in [-0.2, 0) is 12.7 Å². The van der Waals surface area contributed by atoms with Crippen molar-refractivity contribution in [2.75, 3.05) is 19.7 Å². The van der Waals surface area contributed by atoms with E-state index in [1.807, 2.05) is 13.0 Å². The number of rotatable bonds is 7. The molecule has 0 spiro atoms. The van der Waals surface area contributed by atoms with Crippen molar-refractivity contribution < 1.29 is 22.6 Å². The van der Waals surface area contributed by atoms with Crippen LogP contribution in [0.2, 0.25) is 0 Å². The Labute approximate surface area is 175 Å². The van der Waals surface area contributed by atoms with Gasteiger partial charge in [-0.15, -0.1) is 0 Å². The molecule has 1 saturated carbocycles. The maximum Gasteiger partial charge on any atom is 0.416 e. The zero-order valence-corrected chi connectivity index (χ0v) is 17.2. The van der Waals surface area contributed by atoms with Gasteiger partial charge in [0.2, 0.25) is 0 Å². The van der Waals surface area contributed by atoms with Gasteiger partial charge in [-0.2, -0.15) is 13.2 Å². The summed E-state index contributed by atoms with van der Waals surface area (Å²) in [4.78, 5) is 2.47. The number of likely N-dealkylation sites (tertiary alicyclic amines) is 1. The predicted octanol–water partition coefficient (Wildman–Crippen LogP) is 5.78. The molecule has 1 aliphatic heterocycles. The van der Waals surface area contributed by atoms with Crippen molar-refractivity contribution in [2.24, 2.45) is 11.8 Å². The van der Waals surface area contributed by atoms with Crippen molar-refractivity contribution in [1.29, 1.82) is 0 Å². The van der Waals surface area contributed by atoms with E-state index in [1.165, 1.54) is 11.6 Å². The lowest BCUT2D eigenvalue weighted by molar-refractivity contribution is -0.137. The second-order valence-electron chi connectivity index (χ2n) is 8.37. The lowest BCUT2D eigenvalue weighted by Gasteiger charge is -2.38. The summed E-state index contributed by atoms with van der Waals surface area (Å²) in [5, 5.41) is 0. The molecule has 1 aliphatic carbocycles. The van der Waals surface area contributed by atoms with Crippen LogP contribution in [0, 0.1) is 11.8 Å². The van der Waals surface area contributed by atoms with Gasteiger partial charge < -0.3 is 9.47 Å². The summed E-state index contributed by atoms with van der Waals surface area (Å²) in [6, 6.07) is 14.0. The van der Waals surface area contributed by atoms with Crippen molar-refractivity contribution in [3.8, 4) is 11.5 Å². The van der Waals surface area contributed by atoms with Crippen LogP contribution in [0.15, 0.2) is 48.5 Å². The molecule has 0 aromatic heterocycles. The van der Waals surface area contributed by atoms with E-state index in [1.54, 1.807) is 0 Å². The first kappa shape index (κ1) is 21.0. The molecule has 3 nitrogen and oxygen atoms in total. The van der Waals surface area contributed by atoms with Gasteiger partial charge in [-0.3, -0.25) is 4.90 Å². The van der Waals surface area contributed by atoms with Crippen LogP contribution in [0.5, 0.6) is 11.5 Å². The van der Waals surface area contributed by atoms with Gasteiger partial charge in [-0.25, -0.2) is 0 Å². The Balaban J connectivity index is 1.47. The third kappa shape index (κ3) is 4.75. The number of halogens is 3. The van der Waals surface area contributed by atoms with Crippen molar-refractivity contribution in [2.45, 2.75) is 45.0 Å². The number of piperidine rings is 1. The average Bonchev–Trinajstić information content (AvgIpc) is 2.95. The predicted molar refractivity (Wildman–Crippen MR) is 110 cm³/mol. The maximum absolute atomic E-state index is 13.1. The van der Waals surface area contributed by atoms with Gasteiger partial charge in [0.25, 0.3) is 0 Å². The summed E-state index contributed by atoms with van der Waals surface area (Å²) >= 11 is 0. The molecule has 6 heteroatoms. The molecule has 0 N–H and O–H groups in total. The molecule has 1 heterocycles. The van der Waals surface area contributed by atoms with Crippen LogP contribution in [-0.4, -0.2) is 30.7 Å². The second-order valence-corrected chi connectivity index (χ2v) is 8.37. The molecule has 0 amide bonds. The van der Waals surface area contributed by atoms with Crippen LogP contribution < -0.4 is 9.47 Å². The van der Waals surface area contributed by atoms with Crippen LogP contribution in [0.1, 0.15) is 37.3 Å². The highest BCUT2D eigenvalue weighted by Crippen LogP contribution is 2.43. The van der Waals surface area contributed by atoms with E-state index in [-0.39, 0.29) is 11.9 Å². The highest BCUT2D eigenvalue weighted by molar-refractivity contribution is 5.44. The number of hydrogen-bond donors (Lipinski definition) is 0. The quantitative estimate of drug-likeness (QED) is 0.568. The first-order valence-corrected chi connectivity index (χ1v) is 10.7. The van der Waals surface area contributed by atoms with Gasteiger partial charge in [0, 0.05) is 31.5 Å². The monoisotopic (exact) mass is 419 g/mol. The SMILES string of the molecule is CCCOc1cc(C(F)(F)F)ccc1OC1C2CCC1CN(Cc1ccccc1)C2. The van der Waals surface area contributed by atoms with Crippen LogP contribution in [0.4, 0.5) is 13.2 Å². The standard InChI is InChI=1S/C24H28F3NO2/c1-2-12-29-22-13-20(24(25,26)27)10-11-21(22)30-23-18-8-9-19(23)16-28(15-18)14-17-6-4-3-5-7-17/h3-7,10-11,13,18-19,23H,2,8-9,12,14-16H2,1H3. The molecule has 2 aromatic carbocycles. The summed E-state index contributed by atoms with van der Waals surface area (Å²) in [5.41, 5.74) is 0.593. The Morgan fingerprint density at radius 3 is 2.30 bits per heavy atom. The first-order valence-electron chi connectivity index (χ1n) is 10.7. The lowest BCUT2D eigenvalue weighted by Crippen LogP contribution is -2.46. The van der Waals surface area contributed by atoms with Crippen LogP contribution >= 0.6 is 0 Å². The Morgan fingerprint density at radius 1 is 0.967 bits per heavy atom. The van der Waals surface area contributed by atoms with Gasteiger partial charge in [-0.1, -0.05) is 37.3 Å². The molecule has 2 fully saturated rings. The number of benzene rings is 2. The molecule has 4 rings (SSSR count).